The number of hydrogen-bond acceptors (Lipinski definition) is 7. The molecule has 4 aliphatic heterocycles. The minimum absolute atomic E-state index is 0.0773. The van der Waals surface area contributed by atoms with Crippen molar-refractivity contribution in [3.05, 3.63) is 48.6 Å². The Kier molecular flexibility index (Phi) is 8.09. The number of anilines is 2. The zero-order chi connectivity index (χ0) is 27.6. The predicted octanol–water partition coefficient (Wildman–Crippen LogP) is 2.68. The molecular formula is C30H39N3O6. The molecule has 1 aromatic carbocycles. The Morgan fingerprint density at radius 3 is 2.51 bits per heavy atom. The molecule has 1 unspecified atom stereocenters. The van der Waals surface area contributed by atoms with Gasteiger partial charge in [-0.2, -0.15) is 0 Å². The summed E-state index contributed by atoms with van der Waals surface area (Å²) in [6, 6.07) is 7.02. The summed E-state index contributed by atoms with van der Waals surface area (Å²) < 4.78 is 12.1. The van der Waals surface area contributed by atoms with Crippen LogP contribution >= 0.6 is 0 Å². The molecule has 0 radical (unpaired) electrons. The topological polar surface area (TPSA) is 99.6 Å². The predicted molar refractivity (Wildman–Crippen MR) is 147 cm³/mol. The number of esters is 1. The van der Waals surface area contributed by atoms with Crippen molar-refractivity contribution < 1.29 is 29.0 Å². The third kappa shape index (κ3) is 4.76. The Balaban J connectivity index is 1.52. The molecule has 0 bridgehead atoms. The maximum Gasteiger partial charge on any atom is 0.312 e. The number of benzene rings is 1. The zero-order valence-electron chi connectivity index (χ0n) is 22.8. The number of amides is 2. The third-order valence-electron chi connectivity index (χ3n) is 8.47. The van der Waals surface area contributed by atoms with Crippen molar-refractivity contribution in [3.63, 3.8) is 0 Å². The van der Waals surface area contributed by atoms with Crippen LogP contribution in [0.2, 0.25) is 0 Å². The summed E-state index contributed by atoms with van der Waals surface area (Å²) in [6.07, 6.45) is 9.43. The van der Waals surface area contributed by atoms with Crippen molar-refractivity contribution in [2.45, 2.75) is 57.3 Å². The van der Waals surface area contributed by atoms with Gasteiger partial charge < -0.3 is 29.3 Å². The summed E-state index contributed by atoms with van der Waals surface area (Å²) in [7, 11) is 0. The van der Waals surface area contributed by atoms with Crippen LogP contribution in [0.5, 0.6) is 0 Å². The number of aliphatic hydroxyl groups excluding tert-OH is 1. The second-order valence-corrected chi connectivity index (χ2v) is 10.6. The van der Waals surface area contributed by atoms with Crippen molar-refractivity contribution in [2.24, 2.45) is 11.8 Å². The number of unbranched alkanes of at least 4 members (excludes halogenated alkanes) is 2. The van der Waals surface area contributed by atoms with Crippen molar-refractivity contribution in [3.8, 4) is 0 Å². The Morgan fingerprint density at radius 2 is 1.79 bits per heavy atom. The van der Waals surface area contributed by atoms with Crippen LogP contribution in [-0.4, -0.2) is 84.9 Å². The number of likely N-dealkylation sites (tertiary alicyclic amines) is 1. The summed E-state index contributed by atoms with van der Waals surface area (Å²) in [5.41, 5.74) is 0.571. The lowest BCUT2D eigenvalue weighted by atomic mass is 9.77. The molecule has 4 heterocycles. The SMILES string of the molecule is CCN(CC)c1ccc(N2CC=C[C@]34O[C@H]5C=CCCOC(=O)[C@H]5[C@H]3C(=O)N(CCCCCO)C4C2=O)cc1. The van der Waals surface area contributed by atoms with Gasteiger partial charge >= 0.3 is 5.97 Å². The number of hydrogen-bond donors (Lipinski definition) is 1. The molecule has 5 atom stereocenters. The van der Waals surface area contributed by atoms with E-state index in [9.17, 15) is 19.5 Å². The Labute approximate surface area is 230 Å². The maximum absolute atomic E-state index is 14.4. The normalized spacial score (nSPS) is 29.9. The van der Waals surface area contributed by atoms with Gasteiger partial charge in [-0.15, -0.1) is 0 Å². The molecule has 5 rings (SSSR count). The number of ether oxygens (including phenoxy) is 2. The molecule has 1 N–H and O–H groups in total. The molecule has 1 aromatic rings. The number of carbonyl (C=O) groups excluding carboxylic acids is 3. The molecule has 4 aliphatic rings. The van der Waals surface area contributed by atoms with Crippen molar-refractivity contribution >= 4 is 29.2 Å². The van der Waals surface area contributed by atoms with Crippen molar-refractivity contribution in [1.29, 1.82) is 0 Å². The van der Waals surface area contributed by atoms with Crippen LogP contribution < -0.4 is 9.80 Å². The molecule has 0 aliphatic carbocycles. The van der Waals surface area contributed by atoms with Gasteiger partial charge in [-0.3, -0.25) is 14.4 Å². The van der Waals surface area contributed by atoms with E-state index in [1.165, 1.54) is 0 Å². The van der Waals surface area contributed by atoms with Gasteiger partial charge in [0.25, 0.3) is 5.91 Å². The summed E-state index contributed by atoms with van der Waals surface area (Å²) in [6.45, 7) is 7.00. The highest BCUT2D eigenvalue weighted by molar-refractivity contribution is 6.05. The number of fused-ring (bicyclic) bond motifs is 2. The minimum atomic E-state index is -1.26. The van der Waals surface area contributed by atoms with Crippen LogP contribution in [0, 0.1) is 11.8 Å². The first-order valence-electron chi connectivity index (χ1n) is 14.2. The quantitative estimate of drug-likeness (QED) is 0.294. The van der Waals surface area contributed by atoms with Gasteiger partial charge in [0.05, 0.1) is 18.6 Å². The second kappa shape index (κ2) is 11.5. The molecule has 0 saturated carbocycles. The molecule has 210 valence electrons. The van der Waals surface area contributed by atoms with Crippen LogP contribution in [0.25, 0.3) is 0 Å². The van der Waals surface area contributed by atoms with Crippen LogP contribution in [0.15, 0.2) is 48.6 Å². The van der Waals surface area contributed by atoms with Gasteiger partial charge in [0.2, 0.25) is 5.91 Å². The van der Waals surface area contributed by atoms with Crippen LogP contribution in [-0.2, 0) is 23.9 Å². The lowest BCUT2D eigenvalue weighted by Crippen LogP contribution is -2.55. The molecule has 2 fully saturated rings. The van der Waals surface area contributed by atoms with E-state index < -0.39 is 35.6 Å². The van der Waals surface area contributed by atoms with Gasteiger partial charge in [-0.25, -0.2) is 0 Å². The molecule has 9 nitrogen and oxygen atoms in total. The smallest absolute Gasteiger partial charge is 0.312 e. The molecule has 39 heavy (non-hydrogen) atoms. The van der Waals surface area contributed by atoms with E-state index in [-0.39, 0.29) is 25.0 Å². The summed E-state index contributed by atoms with van der Waals surface area (Å²) in [5.74, 6) is -2.57. The first kappa shape index (κ1) is 27.4. The molecule has 2 saturated heterocycles. The Bertz CT molecular complexity index is 1130. The fraction of sp³-hybridized carbons (Fsp3) is 0.567. The monoisotopic (exact) mass is 537 g/mol. The molecule has 2 amide bonds. The standard InChI is InChI=1S/C30H39N3O6/c1-3-31(4-2)21-12-14-22(15-13-21)32-18-10-16-30-25(24-23(39-30)11-6-9-20-38-29(24)37)27(35)33(26(30)28(32)36)17-7-5-8-19-34/h6,10-16,23-26,34H,3-5,7-9,17-20H2,1-2H3/t23-,24+,25-,26?,30-/m0/s1. The van der Waals surface area contributed by atoms with Crippen LogP contribution in [0.3, 0.4) is 0 Å². The number of aliphatic hydroxyl groups is 1. The van der Waals surface area contributed by atoms with E-state index in [1.807, 2.05) is 48.6 Å². The van der Waals surface area contributed by atoms with E-state index in [0.717, 1.165) is 30.9 Å². The average molecular weight is 538 g/mol. The molecule has 9 heteroatoms. The maximum atomic E-state index is 14.4. The van der Waals surface area contributed by atoms with Gasteiger partial charge in [-0.1, -0.05) is 24.3 Å². The second-order valence-electron chi connectivity index (χ2n) is 10.6. The number of nitrogens with zero attached hydrogens (tertiary/aromatic N) is 3. The number of rotatable bonds is 9. The van der Waals surface area contributed by atoms with Crippen LogP contribution in [0.1, 0.15) is 39.5 Å². The third-order valence-corrected chi connectivity index (χ3v) is 8.47. The van der Waals surface area contributed by atoms with Gasteiger partial charge in [0, 0.05) is 44.2 Å². The van der Waals surface area contributed by atoms with Crippen molar-refractivity contribution in [2.75, 3.05) is 49.2 Å². The van der Waals surface area contributed by atoms with E-state index >= 15 is 0 Å². The summed E-state index contributed by atoms with van der Waals surface area (Å²) in [4.78, 5) is 47.1. The van der Waals surface area contributed by atoms with Crippen LogP contribution in [0.4, 0.5) is 11.4 Å². The van der Waals surface area contributed by atoms with E-state index in [4.69, 9.17) is 9.47 Å². The highest BCUT2D eigenvalue weighted by atomic mass is 16.6. The lowest BCUT2D eigenvalue weighted by molar-refractivity contribution is -0.154. The van der Waals surface area contributed by atoms with Crippen molar-refractivity contribution in [1.82, 2.24) is 4.90 Å². The molecule has 1 spiro atoms. The fourth-order valence-electron chi connectivity index (χ4n) is 6.58. The first-order chi connectivity index (χ1) is 19.0. The first-order valence-corrected chi connectivity index (χ1v) is 14.2. The summed E-state index contributed by atoms with van der Waals surface area (Å²) in [5, 5.41) is 9.23. The minimum Gasteiger partial charge on any atom is -0.465 e. The Hall–Kier alpha value is -3.17. The lowest BCUT2D eigenvalue weighted by Gasteiger charge is -2.35. The summed E-state index contributed by atoms with van der Waals surface area (Å²) >= 11 is 0. The van der Waals surface area contributed by atoms with E-state index in [1.54, 1.807) is 9.80 Å². The van der Waals surface area contributed by atoms with E-state index in [0.29, 0.717) is 32.4 Å². The Morgan fingerprint density at radius 1 is 1.03 bits per heavy atom. The zero-order valence-corrected chi connectivity index (χ0v) is 22.8. The largest absolute Gasteiger partial charge is 0.465 e. The highest BCUT2D eigenvalue weighted by Gasteiger charge is 2.71. The molecular weight excluding hydrogens is 498 g/mol. The number of cyclic esters (lactones) is 1. The molecule has 0 aromatic heterocycles. The van der Waals surface area contributed by atoms with Gasteiger partial charge in [0.1, 0.15) is 17.6 Å². The highest BCUT2D eigenvalue weighted by Crippen LogP contribution is 2.53. The van der Waals surface area contributed by atoms with Gasteiger partial charge in [0.15, 0.2) is 0 Å². The average Bonchev–Trinajstić information content (AvgIpc) is 3.31. The van der Waals surface area contributed by atoms with E-state index in [2.05, 4.69) is 18.7 Å². The van der Waals surface area contributed by atoms with Gasteiger partial charge in [-0.05, 0) is 63.8 Å². The number of carbonyl (C=O) groups is 3. The fourth-order valence-corrected chi connectivity index (χ4v) is 6.58.